The van der Waals surface area contributed by atoms with Gasteiger partial charge in [-0.25, -0.2) is 0 Å². The topological polar surface area (TPSA) is 23.8 Å². The summed E-state index contributed by atoms with van der Waals surface area (Å²) < 4.78 is 0. The zero-order valence-corrected chi connectivity index (χ0v) is 10.7. The van der Waals surface area contributed by atoms with Crippen molar-refractivity contribution in [1.29, 1.82) is 5.26 Å². The summed E-state index contributed by atoms with van der Waals surface area (Å²) in [5, 5.41) is 8.74. The van der Waals surface area contributed by atoms with Gasteiger partial charge in [0.2, 0.25) is 0 Å². The third-order valence-electron chi connectivity index (χ3n) is 2.55. The Morgan fingerprint density at radius 1 is 1.00 bits per heavy atom. The van der Waals surface area contributed by atoms with Gasteiger partial charge in [0, 0.05) is 9.79 Å². The fraction of sp³-hybridized carbons (Fsp3) is 0.133. The largest absolute Gasteiger partial charge is 0.192 e. The number of hydrogen-bond donors (Lipinski definition) is 0. The van der Waals surface area contributed by atoms with Crippen molar-refractivity contribution in [3.05, 3.63) is 59.2 Å². The lowest BCUT2D eigenvalue weighted by atomic mass is 10.2. The van der Waals surface area contributed by atoms with E-state index in [1.807, 2.05) is 24.3 Å². The molecule has 0 bridgehead atoms. The van der Waals surface area contributed by atoms with E-state index in [2.05, 4.69) is 38.1 Å². The van der Waals surface area contributed by atoms with Crippen LogP contribution < -0.4 is 0 Å². The van der Waals surface area contributed by atoms with Crippen molar-refractivity contribution < 1.29 is 0 Å². The van der Waals surface area contributed by atoms with Crippen molar-refractivity contribution in [3.63, 3.8) is 0 Å². The van der Waals surface area contributed by atoms with E-state index in [0.717, 1.165) is 4.90 Å². The molecular formula is C15H13NS. The molecule has 0 radical (unpaired) electrons. The Labute approximate surface area is 106 Å². The molecule has 2 aromatic carbocycles. The second-order valence-corrected chi connectivity index (χ2v) is 5.12. The van der Waals surface area contributed by atoms with Crippen molar-refractivity contribution in [2.24, 2.45) is 0 Å². The van der Waals surface area contributed by atoms with Gasteiger partial charge >= 0.3 is 0 Å². The summed E-state index contributed by atoms with van der Waals surface area (Å²) in [6.07, 6.45) is 0. The molecule has 2 aromatic rings. The highest BCUT2D eigenvalue weighted by Crippen LogP contribution is 2.30. The van der Waals surface area contributed by atoms with Gasteiger partial charge in [0.25, 0.3) is 0 Å². The minimum atomic E-state index is 0.704. The lowest BCUT2D eigenvalue weighted by Gasteiger charge is -2.06. The summed E-state index contributed by atoms with van der Waals surface area (Å²) in [5.74, 6) is 0. The molecule has 0 aromatic heterocycles. The van der Waals surface area contributed by atoms with E-state index in [1.165, 1.54) is 16.0 Å². The van der Waals surface area contributed by atoms with Crippen LogP contribution in [0.4, 0.5) is 0 Å². The molecule has 0 spiro atoms. The third-order valence-corrected chi connectivity index (χ3v) is 3.72. The summed E-state index contributed by atoms with van der Waals surface area (Å²) in [6, 6.07) is 16.3. The van der Waals surface area contributed by atoms with Gasteiger partial charge in [0.1, 0.15) is 0 Å². The van der Waals surface area contributed by atoms with E-state index < -0.39 is 0 Å². The lowest BCUT2D eigenvalue weighted by molar-refractivity contribution is 1.25. The first-order chi connectivity index (χ1) is 8.19. The number of aryl methyl sites for hydroxylation is 2. The van der Waals surface area contributed by atoms with E-state index in [-0.39, 0.29) is 0 Å². The van der Waals surface area contributed by atoms with Crippen LogP contribution >= 0.6 is 11.8 Å². The zero-order valence-electron chi connectivity index (χ0n) is 9.90. The van der Waals surface area contributed by atoms with Gasteiger partial charge in [-0.15, -0.1) is 0 Å². The van der Waals surface area contributed by atoms with E-state index in [1.54, 1.807) is 11.8 Å². The maximum absolute atomic E-state index is 8.74. The Bertz CT molecular complexity index is 564. The normalized spacial score (nSPS) is 9.94. The molecule has 0 unspecified atom stereocenters. The minimum Gasteiger partial charge on any atom is -0.192 e. The molecule has 0 aliphatic rings. The average Bonchev–Trinajstić information content (AvgIpc) is 2.35. The van der Waals surface area contributed by atoms with Crippen LogP contribution in [0.1, 0.15) is 16.7 Å². The van der Waals surface area contributed by atoms with Crippen molar-refractivity contribution in [1.82, 2.24) is 0 Å². The molecule has 0 N–H and O–H groups in total. The summed E-state index contributed by atoms with van der Waals surface area (Å²) >= 11 is 1.74. The van der Waals surface area contributed by atoms with Gasteiger partial charge in [-0.05, 0) is 55.3 Å². The monoisotopic (exact) mass is 239 g/mol. The predicted molar refractivity (Wildman–Crippen MR) is 71.2 cm³/mol. The second kappa shape index (κ2) is 5.07. The average molecular weight is 239 g/mol. The zero-order chi connectivity index (χ0) is 12.3. The predicted octanol–water partition coefficient (Wildman–Crippen LogP) is 4.33. The van der Waals surface area contributed by atoms with Crippen molar-refractivity contribution >= 4 is 11.8 Å². The Morgan fingerprint density at radius 3 is 2.35 bits per heavy atom. The Hall–Kier alpha value is -1.72. The number of rotatable bonds is 2. The van der Waals surface area contributed by atoms with Crippen molar-refractivity contribution in [2.75, 3.05) is 0 Å². The molecule has 0 saturated carbocycles. The van der Waals surface area contributed by atoms with E-state index >= 15 is 0 Å². The molecule has 0 atom stereocenters. The number of benzene rings is 2. The molecule has 0 saturated heterocycles. The highest BCUT2D eigenvalue weighted by atomic mass is 32.2. The van der Waals surface area contributed by atoms with Crippen molar-refractivity contribution in [2.45, 2.75) is 23.6 Å². The van der Waals surface area contributed by atoms with Crippen LogP contribution in [0.2, 0.25) is 0 Å². The van der Waals surface area contributed by atoms with Crippen LogP contribution in [0.5, 0.6) is 0 Å². The highest BCUT2D eigenvalue weighted by Gasteiger charge is 2.01. The Kier molecular flexibility index (Phi) is 3.51. The highest BCUT2D eigenvalue weighted by molar-refractivity contribution is 7.99. The summed E-state index contributed by atoms with van der Waals surface area (Å²) in [7, 11) is 0. The first kappa shape index (κ1) is 11.8. The molecule has 0 heterocycles. The van der Waals surface area contributed by atoms with Crippen LogP contribution in [0.15, 0.2) is 52.3 Å². The maximum Gasteiger partial charge on any atom is 0.0991 e. The fourth-order valence-corrected chi connectivity index (χ4v) is 2.54. The third kappa shape index (κ3) is 2.89. The fourth-order valence-electron chi connectivity index (χ4n) is 1.54. The van der Waals surface area contributed by atoms with Crippen LogP contribution in [-0.2, 0) is 0 Å². The maximum atomic E-state index is 8.74. The van der Waals surface area contributed by atoms with Gasteiger partial charge < -0.3 is 0 Å². The molecule has 2 rings (SSSR count). The van der Waals surface area contributed by atoms with Crippen LogP contribution in [-0.4, -0.2) is 0 Å². The van der Waals surface area contributed by atoms with E-state index in [9.17, 15) is 0 Å². The lowest BCUT2D eigenvalue weighted by Crippen LogP contribution is -1.82. The van der Waals surface area contributed by atoms with Gasteiger partial charge in [-0.2, -0.15) is 5.26 Å². The SMILES string of the molecule is Cc1ccc(C)c(Sc2ccc(C#N)cc2)c1. The first-order valence-electron chi connectivity index (χ1n) is 5.44. The molecule has 84 valence electrons. The second-order valence-electron chi connectivity index (χ2n) is 4.01. The summed E-state index contributed by atoms with van der Waals surface area (Å²) in [6.45, 7) is 4.22. The molecule has 0 aliphatic carbocycles. The molecule has 0 aliphatic heterocycles. The van der Waals surface area contributed by atoms with Crippen LogP contribution in [0.25, 0.3) is 0 Å². The van der Waals surface area contributed by atoms with Gasteiger partial charge in [-0.1, -0.05) is 23.9 Å². The number of nitrogens with zero attached hydrogens (tertiary/aromatic N) is 1. The van der Waals surface area contributed by atoms with Gasteiger partial charge in [-0.3, -0.25) is 0 Å². The molecule has 1 nitrogen and oxygen atoms in total. The molecule has 0 fully saturated rings. The van der Waals surface area contributed by atoms with Crippen molar-refractivity contribution in [3.8, 4) is 6.07 Å². The summed E-state index contributed by atoms with van der Waals surface area (Å²) in [4.78, 5) is 2.44. The quantitative estimate of drug-likeness (QED) is 0.779. The smallest absolute Gasteiger partial charge is 0.0991 e. The van der Waals surface area contributed by atoms with Crippen LogP contribution in [0.3, 0.4) is 0 Å². The minimum absolute atomic E-state index is 0.704. The summed E-state index contributed by atoms with van der Waals surface area (Å²) in [5.41, 5.74) is 3.26. The molecular weight excluding hydrogens is 226 g/mol. The van der Waals surface area contributed by atoms with E-state index in [0.29, 0.717) is 5.56 Å². The molecule has 17 heavy (non-hydrogen) atoms. The van der Waals surface area contributed by atoms with Crippen LogP contribution in [0, 0.1) is 25.2 Å². The standard InChI is InChI=1S/C15H13NS/c1-11-3-4-12(2)15(9-11)17-14-7-5-13(10-16)6-8-14/h3-9H,1-2H3. The van der Waals surface area contributed by atoms with E-state index in [4.69, 9.17) is 5.26 Å². The van der Waals surface area contributed by atoms with Gasteiger partial charge in [0.05, 0.1) is 11.6 Å². The first-order valence-corrected chi connectivity index (χ1v) is 6.26. The molecule has 2 heteroatoms. The number of hydrogen-bond acceptors (Lipinski definition) is 2. The Morgan fingerprint density at radius 2 is 1.71 bits per heavy atom. The Balaban J connectivity index is 2.25. The molecule has 0 amide bonds. The number of nitriles is 1. The van der Waals surface area contributed by atoms with Gasteiger partial charge in [0.15, 0.2) is 0 Å².